The Morgan fingerprint density at radius 3 is 2.54 bits per heavy atom. The molecule has 0 radical (unpaired) electrons. The molecule has 6 heteroatoms. The van der Waals surface area contributed by atoms with Crippen molar-refractivity contribution in [2.45, 2.75) is 32.7 Å². The van der Waals surface area contributed by atoms with E-state index < -0.39 is 0 Å². The third-order valence-corrected chi connectivity index (χ3v) is 4.41. The third kappa shape index (κ3) is 4.97. The first-order chi connectivity index (χ1) is 13.3. The molecule has 3 aromatic rings. The Morgan fingerprint density at radius 2 is 1.89 bits per heavy atom. The summed E-state index contributed by atoms with van der Waals surface area (Å²) in [7, 11) is 1.86. The van der Waals surface area contributed by atoms with Crippen molar-refractivity contribution in [3.63, 3.8) is 0 Å². The molecule has 2 aromatic heterocycles. The Hall–Kier alpha value is -3.15. The van der Waals surface area contributed by atoms with E-state index in [0.717, 1.165) is 17.1 Å². The molecule has 0 saturated heterocycles. The fourth-order valence-electron chi connectivity index (χ4n) is 2.81. The lowest BCUT2D eigenvalue weighted by molar-refractivity contribution is -0.123. The molecule has 1 amide bonds. The van der Waals surface area contributed by atoms with Gasteiger partial charge < -0.3 is 10.1 Å². The molecule has 3 rings (SSSR count). The van der Waals surface area contributed by atoms with Crippen LogP contribution in [0.25, 0.3) is 11.4 Å². The number of pyridine rings is 1. The van der Waals surface area contributed by atoms with Crippen LogP contribution in [-0.4, -0.2) is 27.3 Å². The van der Waals surface area contributed by atoms with Gasteiger partial charge in [-0.15, -0.1) is 0 Å². The number of hydrogen-bond acceptors (Lipinski definition) is 4. The van der Waals surface area contributed by atoms with Crippen molar-refractivity contribution in [3.05, 3.63) is 66.0 Å². The van der Waals surface area contributed by atoms with Crippen molar-refractivity contribution < 1.29 is 9.53 Å². The van der Waals surface area contributed by atoms with E-state index in [2.05, 4.69) is 36.2 Å². The first-order valence-corrected chi connectivity index (χ1v) is 9.27. The molecule has 1 N–H and O–H groups in total. The number of benzene rings is 1. The van der Waals surface area contributed by atoms with Crippen LogP contribution in [0, 0.1) is 0 Å². The molecule has 0 aliphatic heterocycles. The summed E-state index contributed by atoms with van der Waals surface area (Å²) in [5.41, 5.74) is 3.83. The average Bonchev–Trinajstić information content (AvgIpc) is 3.06. The van der Waals surface area contributed by atoms with E-state index in [1.54, 1.807) is 10.9 Å². The number of rotatable bonds is 6. The molecular formula is C22H26N4O2. The molecule has 0 fully saturated rings. The van der Waals surface area contributed by atoms with Crippen molar-refractivity contribution in [2.24, 2.45) is 7.05 Å². The van der Waals surface area contributed by atoms with Gasteiger partial charge in [0.2, 0.25) is 0 Å². The molecule has 0 saturated carbocycles. The maximum atomic E-state index is 12.1. The van der Waals surface area contributed by atoms with E-state index in [0.29, 0.717) is 12.3 Å². The van der Waals surface area contributed by atoms with Crippen LogP contribution in [-0.2, 0) is 23.8 Å². The number of nitrogens with one attached hydrogen (secondary N) is 1. The van der Waals surface area contributed by atoms with Gasteiger partial charge in [-0.2, -0.15) is 5.10 Å². The Labute approximate surface area is 165 Å². The molecule has 2 heterocycles. The zero-order chi connectivity index (χ0) is 20.1. The highest BCUT2D eigenvalue weighted by Gasteiger charge is 2.13. The summed E-state index contributed by atoms with van der Waals surface area (Å²) in [5.74, 6) is 0.489. The number of aryl methyl sites for hydroxylation is 1. The first-order valence-electron chi connectivity index (χ1n) is 9.27. The van der Waals surface area contributed by atoms with E-state index in [9.17, 15) is 4.79 Å². The molecule has 6 nitrogen and oxygen atoms in total. The minimum absolute atomic E-state index is 0.0329. The van der Waals surface area contributed by atoms with Crippen molar-refractivity contribution in [2.75, 3.05) is 6.61 Å². The summed E-state index contributed by atoms with van der Waals surface area (Å²) >= 11 is 0. The van der Waals surface area contributed by atoms with Gasteiger partial charge in [-0.25, -0.2) is 0 Å². The first kappa shape index (κ1) is 19.6. The maximum absolute atomic E-state index is 12.1. The standard InChI is InChI=1S/C22H26N4O2/c1-22(2,3)16-8-10-18(11-9-16)28-15-21(27)24-14-17-13-20(26(4)25-17)19-7-5-6-12-23-19/h5-13H,14-15H2,1-4H3,(H,24,27). The van der Waals surface area contributed by atoms with Crippen molar-refractivity contribution in [3.8, 4) is 17.1 Å². The van der Waals surface area contributed by atoms with Gasteiger partial charge in [0.1, 0.15) is 5.75 Å². The molecule has 1 aromatic carbocycles. The molecule has 0 unspecified atom stereocenters. The van der Waals surface area contributed by atoms with Gasteiger partial charge in [0.05, 0.1) is 23.6 Å². The number of carbonyl (C=O) groups is 1. The van der Waals surface area contributed by atoms with Gasteiger partial charge in [0.25, 0.3) is 5.91 Å². The predicted octanol–water partition coefficient (Wildman–Crippen LogP) is 3.47. The number of ether oxygens (including phenoxy) is 1. The largest absolute Gasteiger partial charge is 0.484 e. The number of hydrogen-bond donors (Lipinski definition) is 1. The van der Waals surface area contributed by atoms with E-state index >= 15 is 0 Å². The Balaban J connectivity index is 1.51. The molecular weight excluding hydrogens is 352 g/mol. The normalized spacial score (nSPS) is 11.3. The topological polar surface area (TPSA) is 69.0 Å². The quantitative estimate of drug-likeness (QED) is 0.713. The van der Waals surface area contributed by atoms with Gasteiger partial charge in [-0.05, 0) is 41.3 Å². The number of amides is 1. The van der Waals surface area contributed by atoms with Crippen LogP contribution < -0.4 is 10.1 Å². The fraction of sp³-hybridized carbons (Fsp3) is 0.318. The monoisotopic (exact) mass is 378 g/mol. The number of aromatic nitrogens is 3. The van der Waals surface area contributed by atoms with Gasteiger partial charge >= 0.3 is 0 Å². The van der Waals surface area contributed by atoms with Crippen LogP contribution in [0.5, 0.6) is 5.75 Å². The van der Waals surface area contributed by atoms with Crippen molar-refractivity contribution in [1.82, 2.24) is 20.1 Å². The summed E-state index contributed by atoms with van der Waals surface area (Å²) in [4.78, 5) is 16.4. The predicted molar refractivity (Wildman–Crippen MR) is 109 cm³/mol. The second-order valence-electron chi connectivity index (χ2n) is 7.70. The number of carbonyl (C=O) groups excluding carboxylic acids is 1. The minimum Gasteiger partial charge on any atom is -0.484 e. The highest BCUT2D eigenvalue weighted by atomic mass is 16.5. The maximum Gasteiger partial charge on any atom is 0.258 e. The van der Waals surface area contributed by atoms with Crippen molar-refractivity contribution in [1.29, 1.82) is 0 Å². The van der Waals surface area contributed by atoms with E-state index in [-0.39, 0.29) is 17.9 Å². The van der Waals surface area contributed by atoms with Crippen molar-refractivity contribution >= 4 is 5.91 Å². The Bertz CT molecular complexity index is 925. The summed E-state index contributed by atoms with van der Waals surface area (Å²) in [6.45, 7) is 6.79. The fourth-order valence-corrected chi connectivity index (χ4v) is 2.81. The second kappa shape index (κ2) is 8.25. The summed E-state index contributed by atoms with van der Waals surface area (Å²) in [5, 5.41) is 7.27. The van der Waals surface area contributed by atoms with E-state index in [1.807, 2.05) is 55.6 Å². The van der Waals surface area contributed by atoms with Crippen LogP contribution in [0.4, 0.5) is 0 Å². The lowest BCUT2D eigenvalue weighted by atomic mass is 9.87. The molecule has 0 aliphatic carbocycles. The van der Waals surface area contributed by atoms with Crippen LogP contribution in [0.1, 0.15) is 32.0 Å². The van der Waals surface area contributed by atoms with Crippen LogP contribution in [0.15, 0.2) is 54.7 Å². The third-order valence-electron chi connectivity index (χ3n) is 4.41. The Kier molecular flexibility index (Phi) is 5.78. The molecule has 28 heavy (non-hydrogen) atoms. The molecule has 0 atom stereocenters. The minimum atomic E-state index is -0.190. The molecule has 0 spiro atoms. The lowest BCUT2D eigenvalue weighted by Gasteiger charge is -2.19. The van der Waals surface area contributed by atoms with E-state index in [1.165, 1.54) is 5.56 Å². The zero-order valence-electron chi connectivity index (χ0n) is 16.8. The molecule has 0 bridgehead atoms. The smallest absolute Gasteiger partial charge is 0.258 e. The summed E-state index contributed by atoms with van der Waals surface area (Å²) < 4.78 is 7.34. The van der Waals surface area contributed by atoms with Gasteiger partial charge in [0.15, 0.2) is 6.61 Å². The summed E-state index contributed by atoms with van der Waals surface area (Å²) in [6, 6.07) is 15.5. The zero-order valence-corrected chi connectivity index (χ0v) is 16.8. The highest BCUT2D eigenvalue weighted by molar-refractivity contribution is 5.77. The van der Waals surface area contributed by atoms with Gasteiger partial charge in [-0.3, -0.25) is 14.5 Å². The van der Waals surface area contributed by atoms with E-state index in [4.69, 9.17) is 4.74 Å². The van der Waals surface area contributed by atoms with Crippen LogP contribution >= 0.6 is 0 Å². The van der Waals surface area contributed by atoms with Crippen LogP contribution in [0.3, 0.4) is 0 Å². The summed E-state index contributed by atoms with van der Waals surface area (Å²) in [6.07, 6.45) is 1.75. The molecule has 146 valence electrons. The molecule has 0 aliphatic rings. The van der Waals surface area contributed by atoms with Gasteiger partial charge in [-0.1, -0.05) is 39.0 Å². The number of nitrogens with zero attached hydrogens (tertiary/aromatic N) is 3. The lowest BCUT2D eigenvalue weighted by Crippen LogP contribution is -2.28. The average molecular weight is 378 g/mol. The highest BCUT2D eigenvalue weighted by Crippen LogP contribution is 2.24. The Morgan fingerprint density at radius 1 is 1.14 bits per heavy atom. The van der Waals surface area contributed by atoms with Crippen LogP contribution in [0.2, 0.25) is 0 Å². The SMILES string of the molecule is Cn1nc(CNC(=O)COc2ccc(C(C)(C)C)cc2)cc1-c1ccccn1. The second-order valence-corrected chi connectivity index (χ2v) is 7.70. The van der Waals surface area contributed by atoms with Gasteiger partial charge in [0, 0.05) is 13.2 Å².